The van der Waals surface area contributed by atoms with Gasteiger partial charge in [0, 0.05) is 18.1 Å². The molecule has 0 saturated carbocycles. The molecule has 0 unspecified atom stereocenters. The van der Waals surface area contributed by atoms with Crippen LogP contribution in [0.2, 0.25) is 0 Å². The van der Waals surface area contributed by atoms with Crippen molar-refractivity contribution in [3.05, 3.63) is 102 Å². The molecule has 0 saturated heterocycles. The number of benzene rings is 3. The molecule has 0 radical (unpaired) electrons. The topological polar surface area (TPSA) is 109 Å². The van der Waals surface area contributed by atoms with Gasteiger partial charge in [0.15, 0.2) is 11.5 Å². The smallest absolute Gasteiger partial charge is 0.408 e. The molecule has 3 rings (SSSR count). The van der Waals surface area contributed by atoms with Gasteiger partial charge in [-0.1, -0.05) is 72.8 Å². The summed E-state index contributed by atoms with van der Waals surface area (Å²) in [4.78, 5) is 38.6. The number of hydrogen-bond donors (Lipinski definition) is 1. The maximum Gasteiger partial charge on any atom is 0.408 e. The predicted molar refractivity (Wildman–Crippen MR) is 149 cm³/mol. The number of nitrogens with one attached hydrogen (secondary N) is 1. The zero-order valence-electron chi connectivity index (χ0n) is 22.8. The van der Waals surface area contributed by atoms with Crippen molar-refractivity contribution in [1.29, 1.82) is 0 Å². The molecule has 0 spiro atoms. The lowest BCUT2D eigenvalue weighted by molar-refractivity contribution is -0.147. The number of hydrogen-bond acceptors (Lipinski definition) is 8. The van der Waals surface area contributed by atoms with E-state index in [0.717, 1.165) is 11.1 Å². The third-order valence-corrected chi connectivity index (χ3v) is 5.76. The first-order chi connectivity index (χ1) is 19.4. The van der Waals surface area contributed by atoms with Gasteiger partial charge in [-0.15, -0.1) is 0 Å². The molecule has 0 bridgehead atoms. The summed E-state index contributed by atoms with van der Waals surface area (Å²) in [7, 11) is 2.96. The van der Waals surface area contributed by atoms with Crippen molar-refractivity contribution < 1.29 is 38.1 Å². The van der Waals surface area contributed by atoms with Crippen molar-refractivity contribution in [2.45, 2.75) is 32.6 Å². The van der Waals surface area contributed by atoms with E-state index in [0.29, 0.717) is 22.6 Å². The maximum atomic E-state index is 13.3. The molecule has 1 atom stereocenters. The van der Waals surface area contributed by atoms with E-state index < -0.39 is 24.1 Å². The molecular weight excluding hydrogens is 514 g/mol. The third-order valence-electron chi connectivity index (χ3n) is 5.76. The average Bonchev–Trinajstić information content (AvgIpc) is 2.98. The minimum atomic E-state index is -1.21. The highest BCUT2D eigenvalue weighted by atomic mass is 16.6. The number of amides is 1. The Bertz CT molecular complexity index is 1290. The van der Waals surface area contributed by atoms with Crippen LogP contribution < -0.4 is 14.8 Å². The molecule has 40 heavy (non-hydrogen) atoms. The molecule has 9 heteroatoms. The van der Waals surface area contributed by atoms with E-state index in [2.05, 4.69) is 5.32 Å². The Morgan fingerprint density at radius 1 is 0.775 bits per heavy atom. The lowest BCUT2D eigenvalue weighted by atomic mass is 9.96. The second-order valence-electron chi connectivity index (χ2n) is 8.52. The molecule has 0 aliphatic rings. The Morgan fingerprint density at radius 3 is 1.98 bits per heavy atom. The Kier molecular flexibility index (Phi) is 11.6. The van der Waals surface area contributed by atoms with Crippen LogP contribution >= 0.6 is 0 Å². The number of methoxy groups -OCH3 is 2. The molecule has 9 nitrogen and oxygen atoms in total. The Balaban J connectivity index is 1.90. The van der Waals surface area contributed by atoms with Crippen LogP contribution in [0.3, 0.4) is 0 Å². The van der Waals surface area contributed by atoms with Crippen LogP contribution in [-0.2, 0) is 37.0 Å². The number of carbonyl (C=O) groups excluding carboxylic acids is 3. The summed E-state index contributed by atoms with van der Waals surface area (Å²) in [6.07, 6.45) is 0.310. The summed E-state index contributed by atoms with van der Waals surface area (Å²) in [6.45, 7) is 1.85. The van der Waals surface area contributed by atoms with Crippen LogP contribution in [0.25, 0.3) is 5.57 Å². The average molecular weight is 548 g/mol. The van der Waals surface area contributed by atoms with Gasteiger partial charge in [-0.05, 0) is 29.7 Å². The molecule has 210 valence electrons. The lowest BCUT2D eigenvalue weighted by Crippen LogP contribution is -2.42. The van der Waals surface area contributed by atoms with Gasteiger partial charge < -0.3 is 29.0 Å². The van der Waals surface area contributed by atoms with Crippen molar-refractivity contribution in [3.8, 4) is 11.5 Å². The van der Waals surface area contributed by atoms with Crippen LogP contribution in [0.5, 0.6) is 11.5 Å². The Morgan fingerprint density at radius 2 is 1.40 bits per heavy atom. The third kappa shape index (κ3) is 8.90. The van der Waals surface area contributed by atoms with E-state index in [1.807, 2.05) is 60.7 Å². The first-order valence-electron chi connectivity index (χ1n) is 12.7. The fourth-order valence-electron chi connectivity index (χ4n) is 3.86. The molecule has 3 aromatic carbocycles. The van der Waals surface area contributed by atoms with Crippen LogP contribution in [0.15, 0.2) is 84.9 Å². The predicted octanol–water partition coefficient (Wildman–Crippen LogP) is 5.08. The minimum Gasteiger partial charge on any atom is -0.493 e. The highest BCUT2D eigenvalue weighted by molar-refractivity contribution is 5.94. The first kappa shape index (κ1) is 29.8. The fourth-order valence-corrected chi connectivity index (χ4v) is 3.86. The zero-order chi connectivity index (χ0) is 28.7. The van der Waals surface area contributed by atoms with Crippen LogP contribution in [0.4, 0.5) is 4.79 Å². The number of rotatable bonds is 13. The highest BCUT2D eigenvalue weighted by Crippen LogP contribution is 2.37. The van der Waals surface area contributed by atoms with Gasteiger partial charge in [0.05, 0.1) is 20.8 Å². The summed E-state index contributed by atoms with van der Waals surface area (Å²) in [5, 5.41) is 2.59. The quantitative estimate of drug-likeness (QED) is 0.179. The summed E-state index contributed by atoms with van der Waals surface area (Å²) < 4.78 is 27.0. The van der Waals surface area contributed by atoms with Crippen molar-refractivity contribution >= 4 is 23.6 Å². The maximum absolute atomic E-state index is 13.3. The largest absolute Gasteiger partial charge is 0.493 e. The Labute approximate surface area is 233 Å². The molecule has 0 aliphatic heterocycles. The monoisotopic (exact) mass is 547 g/mol. The van der Waals surface area contributed by atoms with Crippen LogP contribution in [0.1, 0.15) is 30.0 Å². The van der Waals surface area contributed by atoms with E-state index in [1.54, 1.807) is 25.1 Å². The van der Waals surface area contributed by atoms with Gasteiger partial charge in [-0.3, -0.25) is 0 Å². The van der Waals surface area contributed by atoms with E-state index in [1.165, 1.54) is 20.3 Å². The van der Waals surface area contributed by atoms with Crippen LogP contribution in [0, 0.1) is 0 Å². The second-order valence-corrected chi connectivity index (χ2v) is 8.52. The van der Waals surface area contributed by atoms with Gasteiger partial charge >= 0.3 is 18.0 Å². The normalized spacial score (nSPS) is 11.6. The number of para-hydroxylation sites is 1. The standard InChI is InChI=1S/C31H33NO8/c1-4-38-28(33)19-24(25-16-11-17-27(36-2)29(25)37-3)18-26(30(34)39-20-22-12-7-5-8-13-22)32-31(35)40-21-23-14-9-6-10-15-23/h5-17,19,26H,4,18,20-21H2,1-3H3,(H,32,35)/b24-19+/t26-/m0/s1. The van der Waals surface area contributed by atoms with Gasteiger partial charge in [-0.2, -0.15) is 0 Å². The van der Waals surface area contributed by atoms with Crippen molar-refractivity contribution in [2.24, 2.45) is 0 Å². The fraction of sp³-hybridized carbons (Fsp3) is 0.258. The Hall–Kier alpha value is -4.79. The first-order valence-corrected chi connectivity index (χ1v) is 12.7. The molecule has 0 fully saturated rings. The van der Waals surface area contributed by atoms with Gasteiger partial charge in [0.1, 0.15) is 19.3 Å². The number of carbonyl (C=O) groups is 3. The highest BCUT2D eigenvalue weighted by Gasteiger charge is 2.27. The van der Waals surface area contributed by atoms with E-state index >= 15 is 0 Å². The molecule has 1 N–H and O–H groups in total. The van der Waals surface area contributed by atoms with Gasteiger partial charge in [0.25, 0.3) is 0 Å². The molecule has 0 heterocycles. The van der Waals surface area contributed by atoms with Gasteiger partial charge in [0.2, 0.25) is 0 Å². The molecule has 1 amide bonds. The molecule has 0 aromatic heterocycles. The summed E-state index contributed by atoms with van der Waals surface area (Å²) >= 11 is 0. The van der Waals surface area contributed by atoms with E-state index in [4.69, 9.17) is 23.7 Å². The number of ether oxygens (including phenoxy) is 5. The van der Waals surface area contributed by atoms with E-state index in [9.17, 15) is 14.4 Å². The van der Waals surface area contributed by atoms with Crippen LogP contribution in [-0.4, -0.2) is 44.9 Å². The van der Waals surface area contributed by atoms with Gasteiger partial charge in [-0.25, -0.2) is 14.4 Å². The SMILES string of the molecule is CCOC(=O)/C=C(\C[C@H](NC(=O)OCc1ccccc1)C(=O)OCc1ccccc1)c1cccc(OC)c1OC. The second kappa shape index (κ2) is 15.6. The summed E-state index contributed by atoms with van der Waals surface area (Å²) in [5.74, 6) is -0.556. The molecule has 0 aliphatic carbocycles. The lowest BCUT2D eigenvalue weighted by Gasteiger charge is -2.21. The van der Waals surface area contributed by atoms with Crippen molar-refractivity contribution in [2.75, 3.05) is 20.8 Å². The summed E-state index contributed by atoms with van der Waals surface area (Å²) in [6, 6.07) is 22.2. The van der Waals surface area contributed by atoms with E-state index in [-0.39, 0.29) is 26.2 Å². The number of alkyl carbamates (subject to hydrolysis) is 1. The molecular formula is C31H33NO8. The number of esters is 2. The summed E-state index contributed by atoms with van der Waals surface area (Å²) in [5.41, 5.74) is 2.40. The molecule has 3 aromatic rings. The minimum absolute atomic E-state index is 0.00365. The van der Waals surface area contributed by atoms with Crippen molar-refractivity contribution in [1.82, 2.24) is 5.32 Å². The zero-order valence-corrected chi connectivity index (χ0v) is 22.8. The van der Waals surface area contributed by atoms with Crippen molar-refractivity contribution in [3.63, 3.8) is 0 Å².